The summed E-state index contributed by atoms with van der Waals surface area (Å²) in [5.74, 6) is -0.225. The molecule has 0 bridgehead atoms. The van der Waals surface area contributed by atoms with Crippen LogP contribution in [0.3, 0.4) is 0 Å². The molecule has 0 N–H and O–H groups in total. The smallest absolute Gasteiger partial charge is 0.303 e. The average Bonchev–Trinajstić information content (AvgIpc) is 3.02. The van der Waals surface area contributed by atoms with Crippen LogP contribution in [0.5, 0.6) is 0 Å². The maximum Gasteiger partial charge on any atom is 0.303 e. The number of nitrogens with zero attached hydrogens (tertiary/aromatic N) is 1. The fourth-order valence-electron chi connectivity index (χ4n) is 4.88. The highest BCUT2D eigenvalue weighted by molar-refractivity contribution is 5.66. The second kappa shape index (κ2) is 5.04. The molecule has 1 unspecified atom stereocenters. The molecule has 2 aliphatic carbocycles. The highest BCUT2D eigenvalue weighted by Gasteiger charge is 2.52. The van der Waals surface area contributed by atoms with Crippen molar-refractivity contribution in [3.63, 3.8) is 0 Å². The van der Waals surface area contributed by atoms with Gasteiger partial charge in [-0.3, -0.25) is 9.78 Å². The average molecular weight is 315 g/mol. The SMILES string of the molecule is CC(=O)OC1CCCc2c1ncc1c2C2(CCCC2)OC1(C)C. The van der Waals surface area contributed by atoms with Crippen molar-refractivity contribution >= 4 is 5.97 Å². The maximum atomic E-state index is 11.4. The van der Waals surface area contributed by atoms with Crippen molar-refractivity contribution < 1.29 is 14.3 Å². The van der Waals surface area contributed by atoms with Crippen LogP contribution in [-0.2, 0) is 31.9 Å². The first kappa shape index (κ1) is 15.1. The van der Waals surface area contributed by atoms with Gasteiger partial charge in [-0.05, 0) is 57.1 Å². The van der Waals surface area contributed by atoms with Gasteiger partial charge in [-0.15, -0.1) is 0 Å². The number of carbonyl (C=O) groups excluding carboxylic acids is 1. The Bertz CT molecular complexity index is 659. The van der Waals surface area contributed by atoms with Crippen molar-refractivity contribution in [3.05, 3.63) is 28.6 Å². The molecule has 4 rings (SSSR count). The van der Waals surface area contributed by atoms with E-state index in [1.165, 1.54) is 36.5 Å². The Balaban J connectivity index is 1.88. The predicted molar refractivity (Wildman–Crippen MR) is 85.9 cm³/mol. The Morgan fingerprint density at radius 3 is 2.74 bits per heavy atom. The van der Waals surface area contributed by atoms with E-state index in [1.807, 2.05) is 6.20 Å². The summed E-state index contributed by atoms with van der Waals surface area (Å²) in [6, 6.07) is 0. The van der Waals surface area contributed by atoms with Crippen molar-refractivity contribution in [1.29, 1.82) is 0 Å². The van der Waals surface area contributed by atoms with Gasteiger partial charge in [0.1, 0.15) is 6.10 Å². The van der Waals surface area contributed by atoms with Gasteiger partial charge in [-0.25, -0.2) is 0 Å². The van der Waals surface area contributed by atoms with Gasteiger partial charge < -0.3 is 9.47 Å². The van der Waals surface area contributed by atoms with Crippen LogP contribution in [0.1, 0.15) is 87.8 Å². The lowest BCUT2D eigenvalue weighted by atomic mass is 9.80. The second-order valence-electron chi connectivity index (χ2n) is 7.71. The summed E-state index contributed by atoms with van der Waals surface area (Å²) in [4.78, 5) is 16.2. The molecule has 1 spiro atoms. The van der Waals surface area contributed by atoms with Crippen molar-refractivity contribution in [2.24, 2.45) is 0 Å². The summed E-state index contributed by atoms with van der Waals surface area (Å²) < 4.78 is 12.1. The molecule has 1 atom stereocenters. The molecule has 1 fully saturated rings. The fraction of sp³-hybridized carbons (Fsp3) is 0.684. The molecular formula is C19H25NO3. The molecule has 4 nitrogen and oxygen atoms in total. The van der Waals surface area contributed by atoms with Crippen LogP contribution in [0.2, 0.25) is 0 Å². The van der Waals surface area contributed by atoms with Crippen LogP contribution in [0, 0.1) is 0 Å². The monoisotopic (exact) mass is 315 g/mol. The highest BCUT2D eigenvalue weighted by atomic mass is 16.5. The molecular weight excluding hydrogens is 290 g/mol. The number of ether oxygens (including phenoxy) is 2. The molecule has 2 heterocycles. The molecule has 1 aromatic heterocycles. The summed E-state index contributed by atoms with van der Waals surface area (Å²) in [5, 5.41) is 0. The molecule has 3 aliphatic rings. The van der Waals surface area contributed by atoms with Gasteiger partial charge in [-0.2, -0.15) is 0 Å². The van der Waals surface area contributed by atoms with Crippen LogP contribution in [0.25, 0.3) is 0 Å². The maximum absolute atomic E-state index is 11.4. The normalized spacial score (nSPS) is 26.8. The van der Waals surface area contributed by atoms with Gasteiger partial charge >= 0.3 is 5.97 Å². The van der Waals surface area contributed by atoms with Gasteiger partial charge in [0.25, 0.3) is 0 Å². The third-order valence-corrected chi connectivity index (χ3v) is 5.69. The number of aromatic nitrogens is 1. The number of esters is 1. The summed E-state index contributed by atoms with van der Waals surface area (Å²) in [6.45, 7) is 5.78. The third kappa shape index (κ3) is 2.22. The number of carbonyl (C=O) groups is 1. The van der Waals surface area contributed by atoms with E-state index in [1.54, 1.807) is 0 Å². The Morgan fingerprint density at radius 1 is 1.30 bits per heavy atom. The number of fused-ring (bicyclic) bond motifs is 4. The second-order valence-corrected chi connectivity index (χ2v) is 7.71. The van der Waals surface area contributed by atoms with Crippen LogP contribution < -0.4 is 0 Å². The molecule has 0 saturated heterocycles. The van der Waals surface area contributed by atoms with Gasteiger partial charge in [0.15, 0.2) is 0 Å². The molecule has 1 aromatic rings. The zero-order chi connectivity index (χ0) is 16.2. The van der Waals surface area contributed by atoms with Crippen LogP contribution in [0.4, 0.5) is 0 Å². The minimum absolute atomic E-state index is 0.135. The van der Waals surface area contributed by atoms with E-state index in [-0.39, 0.29) is 23.3 Å². The number of pyridine rings is 1. The summed E-state index contributed by atoms with van der Waals surface area (Å²) in [7, 11) is 0. The minimum Gasteiger partial charge on any atom is -0.456 e. The van der Waals surface area contributed by atoms with E-state index in [2.05, 4.69) is 13.8 Å². The molecule has 0 aromatic carbocycles. The molecule has 124 valence electrons. The zero-order valence-corrected chi connectivity index (χ0v) is 14.3. The lowest BCUT2D eigenvalue weighted by molar-refractivity contribution is -0.147. The fourth-order valence-corrected chi connectivity index (χ4v) is 4.88. The molecule has 0 amide bonds. The van der Waals surface area contributed by atoms with E-state index in [9.17, 15) is 4.79 Å². The summed E-state index contributed by atoms with van der Waals surface area (Å²) >= 11 is 0. The van der Waals surface area contributed by atoms with Crippen molar-refractivity contribution in [2.75, 3.05) is 0 Å². The molecule has 1 saturated carbocycles. The largest absolute Gasteiger partial charge is 0.456 e. The molecule has 4 heteroatoms. The molecule has 23 heavy (non-hydrogen) atoms. The number of rotatable bonds is 1. The Morgan fingerprint density at radius 2 is 2.04 bits per heavy atom. The lowest BCUT2D eigenvalue weighted by Gasteiger charge is -2.31. The minimum atomic E-state index is -0.282. The van der Waals surface area contributed by atoms with Gasteiger partial charge in [0, 0.05) is 18.7 Å². The molecule has 1 aliphatic heterocycles. The van der Waals surface area contributed by atoms with Crippen molar-refractivity contribution in [1.82, 2.24) is 4.98 Å². The third-order valence-electron chi connectivity index (χ3n) is 5.69. The number of hydrogen-bond donors (Lipinski definition) is 0. The van der Waals surface area contributed by atoms with E-state index in [0.717, 1.165) is 37.8 Å². The first-order chi connectivity index (χ1) is 10.9. The first-order valence-corrected chi connectivity index (χ1v) is 8.83. The number of hydrogen-bond acceptors (Lipinski definition) is 4. The topological polar surface area (TPSA) is 48.4 Å². The van der Waals surface area contributed by atoms with E-state index < -0.39 is 0 Å². The van der Waals surface area contributed by atoms with Crippen molar-refractivity contribution in [2.45, 2.75) is 83.0 Å². The van der Waals surface area contributed by atoms with Crippen molar-refractivity contribution in [3.8, 4) is 0 Å². The summed E-state index contributed by atoms with van der Waals surface area (Å²) in [6.07, 6.45) is 9.35. The van der Waals surface area contributed by atoms with E-state index in [4.69, 9.17) is 14.5 Å². The van der Waals surface area contributed by atoms with E-state index >= 15 is 0 Å². The van der Waals surface area contributed by atoms with Gasteiger partial charge in [0.05, 0.1) is 16.9 Å². The molecule has 0 radical (unpaired) electrons. The quantitative estimate of drug-likeness (QED) is 0.733. The Hall–Kier alpha value is -1.42. The Kier molecular flexibility index (Phi) is 3.31. The van der Waals surface area contributed by atoms with Crippen LogP contribution >= 0.6 is 0 Å². The summed E-state index contributed by atoms with van der Waals surface area (Å²) in [5.41, 5.74) is 4.47. The van der Waals surface area contributed by atoms with Crippen LogP contribution in [0.15, 0.2) is 6.20 Å². The predicted octanol–water partition coefficient (Wildman–Crippen LogP) is 4.06. The standard InChI is InChI=1S/C19H25NO3/c1-12(21)22-15-8-6-7-13-16-14(11-20-17(13)15)18(2,3)23-19(16)9-4-5-10-19/h11,15H,4-10H2,1-3H3. The highest BCUT2D eigenvalue weighted by Crippen LogP contribution is 2.57. The van der Waals surface area contributed by atoms with Gasteiger partial charge in [-0.1, -0.05) is 12.8 Å². The first-order valence-electron chi connectivity index (χ1n) is 8.83. The van der Waals surface area contributed by atoms with E-state index in [0.29, 0.717) is 0 Å². The lowest BCUT2D eigenvalue weighted by Crippen LogP contribution is -2.27. The van der Waals surface area contributed by atoms with Gasteiger partial charge in [0.2, 0.25) is 0 Å². The Labute approximate surface area is 137 Å². The van der Waals surface area contributed by atoms with Crippen LogP contribution in [-0.4, -0.2) is 11.0 Å². The zero-order valence-electron chi connectivity index (χ0n) is 14.3.